The zero-order chi connectivity index (χ0) is 13.9. The number of nitrogens with one attached hydrogen (secondary N) is 1. The van der Waals surface area contributed by atoms with Crippen LogP contribution in [0.1, 0.15) is 52.4 Å². The van der Waals surface area contributed by atoms with Gasteiger partial charge in [-0.1, -0.05) is 13.3 Å². The quantitative estimate of drug-likeness (QED) is 0.708. The molecule has 19 heavy (non-hydrogen) atoms. The first-order chi connectivity index (χ1) is 9.03. The minimum atomic E-state index is -0.746. The second-order valence-electron chi connectivity index (χ2n) is 6.55. The van der Waals surface area contributed by atoms with E-state index < -0.39 is 11.5 Å². The van der Waals surface area contributed by atoms with Crippen LogP contribution in [0, 0.1) is 5.92 Å². The first-order valence-electron chi connectivity index (χ1n) is 7.77. The van der Waals surface area contributed by atoms with Crippen molar-refractivity contribution in [2.75, 3.05) is 19.6 Å². The molecule has 1 aliphatic carbocycles. The summed E-state index contributed by atoms with van der Waals surface area (Å²) >= 11 is 0. The maximum atomic E-state index is 11.5. The van der Waals surface area contributed by atoms with Crippen LogP contribution in [-0.2, 0) is 4.79 Å². The van der Waals surface area contributed by atoms with Crippen LogP contribution in [-0.4, -0.2) is 47.2 Å². The molecule has 2 fully saturated rings. The fourth-order valence-corrected chi connectivity index (χ4v) is 3.06. The summed E-state index contributed by atoms with van der Waals surface area (Å²) < 4.78 is 0. The predicted octanol–water partition coefficient (Wildman–Crippen LogP) is 2.09. The summed E-state index contributed by atoms with van der Waals surface area (Å²) in [6.45, 7) is 7.29. The first-order valence-corrected chi connectivity index (χ1v) is 7.77. The van der Waals surface area contributed by atoms with Gasteiger partial charge in [0, 0.05) is 19.1 Å². The molecule has 1 saturated carbocycles. The third-order valence-corrected chi connectivity index (χ3v) is 4.57. The molecule has 2 unspecified atom stereocenters. The van der Waals surface area contributed by atoms with Gasteiger partial charge < -0.3 is 10.0 Å². The Morgan fingerprint density at radius 1 is 1.42 bits per heavy atom. The van der Waals surface area contributed by atoms with Gasteiger partial charge in [0.2, 0.25) is 0 Å². The van der Waals surface area contributed by atoms with Crippen LogP contribution in [0.15, 0.2) is 0 Å². The Morgan fingerprint density at radius 3 is 2.74 bits per heavy atom. The van der Waals surface area contributed by atoms with Crippen molar-refractivity contribution in [2.45, 2.75) is 64.0 Å². The molecule has 4 nitrogen and oxygen atoms in total. The molecular weight excluding hydrogens is 240 g/mol. The maximum absolute atomic E-state index is 11.5. The summed E-state index contributed by atoms with van der Waals surface area (Å²) in [5.41, 5.74) is -0.746. The lowest BCUT2D eigenvalue weighted by Gasteiger charge is -2.28. The van der Waals surface area contributed by atoms with Crippen LogP contribution in [0.25, 0.3) is 0 Å². The van der Waals surface area contributed by atoms with Gasteiger partial charge in [0.15, 0.2) is 0 Å². The predicted molar refractivity (Wildman–Crippen MR) is 76.3 cm³/mol. The lowest BCUT2D eigenvalue weighted by Crippen LogP contribution is -2.52. The summed E-state index contributed by atoms with van der Waals surface area (Å²) in [6.07, 6.45) is 6.82. The molecule has 2 atom stereocenters. The molecule has 2 rings (SSSR count). The summed E-state index contributed by atoms with van der Waals surface area (Å²) in [4.78, 5) is 13.9. The highest BCUT2D eigenvalue weighted by atomic mass is 16.4. The van der Waals surface area contributed by atoms with Crippen molar-refractivity contribution in [3.63, 3.8) is 0 Å². The van der Waals surface area contributed by atoms with E-state index in [1.54, 1.807) is 0 Å². The molecule has 1 saturated heterocycles. The van der Waals surface area contributed by atoms with Crippen LogP contribution in [0.4, 0.5) is 0 Å². The molecule has 2 aliphatic rings. The SMILES string of the molecule is CCCC1CCN(CCC(C)(NC2CC2)C(=O)O)C1. The Morgan fingerprint density at radius 2 is 2.16 bits per heavy atom. The fraction of sp³-hybridized carbons (Fsp3) is 0.933. The normalized spacial score (nSPS) is 27.4. The van der Waals surface area contributed by atoms with Gasteiger partial charge in [-0.25, -0.2) is 0 Å². The molecule has 0 bridgehead atoms. The van der Waals surface area contributed by atoms with Crippen molar-refractivity contribution < 1.29 is 9.90 Å². The molecule has 0 radical (unpaired) electrons. The molecular formula is C15H28N2O2. The van der Waals surface area contributed by atoms with Crippen molar-refractivity contribution in [1.82, 2.24) is 10.2 Å². The summed E-state index contributed by atoms with van der Waals surface area (Å²) in [7, 11) is 0. The van der Waals surface area contributed by atoms with Gasteiger partial charge >= 0.3 is 5.97 Å². The van der Waals surface area contributed by atoms with E-state index in [-0.39, 0.29) is 0 Å². The van der Waals surface area contributed by atoms with E-state index in [0.717, 1.165) is 38.4 Å². The number of likely N-dealkylation sites (tertiary alicyclic amines) is 1. The van der Waals surface area contributed by atoms with E-state index in [9.17, 15) is 9.90 Å². The summed E-state index contributed by atoms with van der Waals surface area (Å²) in [6, 6.07) is 0.438. The van der Waals surface area contributed by atoms with Gasteiger partial charge in [0.05, 0.1) is 0 Å². The van der Waals surface area contributed by atoms with Crippen molar-refractivity contribution in [3.8, 4) is 0 Å². The molecule has 2 N–H and O–H groups in total. The second-order valence-corrected chi connectivity index (χ2v) is 6.55. The molecule has 0 amide bonds. The van der Waals surface area contributed by atoms with E-state index in [2.05, 4.69) is 17.1 Å². The number of nitrogens with zero attached hydrogens (tertiary/aromatic N) is 1. The van der Waals surface area contributed by atoms with Crippen molar-refractivity contribution in [3.05, 3.63) is 0 Å². The van der Waals surface area contributed by atoms with Crippen molar-refractivity contribution >= 4 is 5.97 Å². The molecule has 0 aromatic carbocycles. The summed E-state index contributed by atoms with van der Waals surface area (Å²) in [5, 5.41) is 12.7. The van der Waals surface area contributed by atoms with E-state index in [0.29, 0.717) is 12.5 Å². The smallest absolute Gasteiger partial charge is 0.323 e. The Labute approximate surface area is 116 Å². The van der Waals surface area contributed by atoms with E-state index in [1.807, 2.05) is 6.92 Å². The zero-order valence-corrected chi connectivity index (χ0v) is 12.3. The van der Waals surface area contributed by atoms with Crippen LogP contribution in [0.2, 0.25) is 0 Å². The van der Waals surface area contributed by atoms with Crippen molar-refractivity contribution in [2.24, 2.45) is 5.92 Å². The molecule has 0 aromatic heterocycles. The number of carboxylic acid groups (broad SMARTS) is 1. The van der Waals surface area contributed by atoms with E-state index in [4.69, 9.17) is 0 Å². The number of carbonyl (C=O) groups is 1. The average Bonchev–Trinajstić information content (AvgIpc) is 3.04. The molecule has 1 heterocycles. The number of rotatable bonds is 8. The van der Waals surface area contributed by atoms with Crippen LogP contribution in [0.3, 0.4) is 0 Å². The van der Waals surface area contributed by atoms with Gasteiger partial charge in [-0.3, -0.25) is 10.1 Å². The third kappa shape index (κ3) is 4.18. The third-order valence-electron chi connectivity index (χ3n) is 4.57. The van der Waals surface area contributed by atoms with Gasteiger partial charge in [0.25, 0.3) is 0 Å². The molecule has 4 heteroatoms. The average molecular weight is 268 g/mol. The Kier molecular flexibility index (Phi) is 4.85. The minimum absolute atomic E-state index is 0.438. The number of hydrogen-bond acceptors (Lipinski definition) is 3. The van der Waals surface area contributed by atoms with Crippen LogP contribution >= 0.6 is 0 Å². The Hall–Kier alpha value is -0.610. The number of hydrogen-bond donors (Lipinski definition) is 2. The zero-order valence-electron chi connectivity index (χ0n) is 12.3. The van der Waals surface area contributed by atoms with Gasteiger partial charge in [0.1, 0.15) is 5.54 Å². The van der Waals surface area contributed by atoms with Crippen LogP contribution in [0.5, 0.6) is 0 Å². The highest BCUT2D eigenvalue weighted by Gasteiger charge is 2.38. The van der Waals surface area contributed by atoms with Crippen LogP contribution < -0.4 is 5.32 Å². The topological polar surface area (TPSA) is 52.6 Å². The molecule has 1 aliphatic heterocycles. The first kappa shape index (κ1) is 14.8. The molecule has 110 valence electrons. The number of carboxylic acids is 1. The Balaban J connectivity index is 1.77. The van der Waals surface area contributed by atoms with Crippen molar-refractivity contribution in [1.29, 1.82) is 0 Å². The van der Waals surface area contributed by atoms with E-state index in [1.165, 1.54) is 19.3 Å². The lowest BCUT2D eigenvalue weighted by atomic mass is 9.97. The summed E-state index contributed by atoms with van der Waals surface area (Å²) in [5.74, 6) is 0.126. The monoisotopic (exact) mass is 268 g/mol. The fourth-order valence-electron chi connectivity index (χ4n) is 3.06. The van der Waals surface area contributed by atoms with Gasteiger partial charge in [-0.15, -0.1) is 0 Å². The highest BCUT2D eigenvalue weighted by Crippen LogP contribution is 2.26. The largest absolute Gasteiger partial charge is 0.480 e. The van der Waals surface area contributed by atoms with Gasteiger partial charge in [-0.05, 0) is 51.5 Å². The van der Waals surface area contributed by atoms with Gasteiger partial charge in [-0.2, -0.15) is 0 Å². The molecule has 0 aromatic rings. The minimum Gasteiger partial charge on any atom is -0.480 e. The number of aliphatic carboxylic acids is 1. The molecule has 0 spiro atoms. The lowest BCUT2D eigenvalue weighted by molar-refractivity contribution is -0.144. The standard InChI is InChI=1S/C15H28N2O2/c1-3-4-12-7-9-17(11-12)10-8-15(2,14(18)19)16-13-5-6-13/h12-13,16H,3-11H2,1-2H3,(H,18,19). The van der Waals surface area contributed by atoms with E-state index >= 15 is 0 Å². The highest BCUT2D eigenvalue weighted by molar-refractivity contribution is 5.78. The maximum Gasteiger partial charge on any atom is 0.323 e. The second kappa shape index (κ2) is 6.23. The Bertz CT molecular complexity index is 317.